The number of fused-ring (bicyclic) bond motifs is 1. The lowest BCUT2D eigenvalue weighted by Gasteiger charge is -2.07. The molecule has 1 aromatic carbocycles. The summed E-state index contributed by atoms with van der Waals surface area (Å²) in [5.74, 6) is 2.06. The molecule has 0 unspecified atom stereocenters. The van der Waals surface area contributed by atoms with Gasteiger partial charge in [-0.15, -0.1) is 11.6 Å². The molecule has 5 heteroatoms. The van der Waals surface area contributed by atoms with Crippen molar-refractivity contribution in [1.29, 1.82) is 0 Å². The molecule has 18 heavy (non-hydrogen) atoms. The van der Waals surface area contributed by atoms with Gasteiger partial charge in [-0.3, -0.25) is 0 Å². The van der Waals surface area contributed by atoms with Crippen molar-refractivity contribution >= 4 is 34.4 Å². The summed E-state index contributed by atoms with van der Waals surface area (Å²) in [6.07, 6.45) is 3.15. The lowest BCUT2D eigenvalue weighted by Crippen LogP contribution is -2.03. The number of rotatable bonds is 5. The van der Waals surface area contributed by atoms with E-state index in [4.69, 9.17) is 11.6 Å². The summed E-state index contributed by atoms with van der Waals surface area (Å²) in [7, 11) is 0. The van der Waals surface area contributed by atoms with E-state index < -0.39 is 0 Å². The van der Waals surface area contributed by atoms with Gasteiger partial charge in [0, 0.05) is 12.6 Å². The molecule has 0 aliphatic heterocycles. The number of benzene rings is 1. The first-order chi connectivity index (χ1) is 8.67. The highest BCUT2D eigenvalue weighted by Gasteiger charge is 2.11. The fraction of sp³-hybridized carbons (Fsp3) is 0.462. The molecule has 0 aliphatic rings. The number of alkyl halides is 1. The molecule has 0 saturated carbocycles. The van der Waals surface area contributed by atoms with Gasteiger partial charge in [0.25, 0.3) is 0 Å². The zero-order valence-electron chi connectivity index (χ0n) is 10.5. The molecule has 0 fully saturated rings. The molecular formula is C13H16ClFN2S. The molecule has 0 aliphatic carbocycles. The number of halogens is 2. The van der Waals surface area contributed by atoms with Gasteiger partial charge in [-0.25, -0.2) is 9.37 Å². The summed E-state index contributed by atoms with van der Waals surface area (Å²) in [4.78, 5) is 4.40. The van der Waals surface area contributed by atoms with Gasteiger partial charge in [-0.2, -0.15) is 11.8 Å². The van der Waals surface area contributed by atoms with E-state index in [1.165, 1.54) is 6.07 Å². The number of nitrogens with zero attached hydrogens (tertiary/aromatic N) is 2. The summed E-state index contributed by atoms with van der Waals surface area (Å²) in [5, 5.41) is 0. The maximum absolute atomic E-state index is 13.5. The second kappa shape index (κ2) is 5.93. The Bertz CT molecular complexity index is 553. The average molecular weight is 287 g/mol. The van der Waals surface area contributed by atoms with Crippen LogP contribution in [0.5, 0.6) is 0 Å². The van der Waals surface area contributed by atoms with Crippen LogP contribution in [-0.4, -0.2) is 21.6 Å². The maximum atomic E-state index is 13.5. The molecule has 0 radical (unpaired) electrons. The van der Waals surface area contributed by atoms with E-state index in [0.29, 0.717) is 17.0 Å². The normalized spacial score (nSPS) is 11.3. The molecule has 2 rings (SSSR count). The average Bonchev–Trinajstić information content (AvgIpc) is 2.68. The molecule has 1 heterocycles. The Morgan fingerprint density at radius 1 is 1.44 bits per heavy atom. The highest BCUT2D eigenvalue weighted by Crippen LogP contribution is 2.22. The first-order valence-corrected chi connectivity index (χ1v) is 7.80. The summed E-state index contributed by atoms with van der Waals surface area (Å²) in [6, 6.07) is 3.35. The first kappa shape index (κ1) is 13.7. The molecule has 2 aromatic rings. The van der Waals surface area contributed by atoms with E-state index in [-0.39, 0.29) is 5.82 Å². The number of aromatic nitrogens is 2. The van der Waals surface area contributed by atoms with Crippen LogP contribution in [0, 0.1) is 12.7 Å². The van der Waals surface area contributed by atoms with Gasteiger partial charge in [-0.05, 0) is 37.0 Å². The number of thioether (sulfide) groups is 1. The molecular weight excluding hydrogens is 271 g/mol. The van der Waals surface area contributed by atoms with E-state index in [1.807, 2.05) is 17.8 Å². The van der Waals surface area contributed by atoms with Crippen LogP contribution in [0.4, 0.5) is 4.39 Å². The third-order valence-corrected chi connectivity index (χ3v) is 3.89. The number of hydrogen-bond donors (Lipinski definition) is 0. The minimum atomic E-state index is -0.211. The third kappa shape index (κ3) is 2.64. The van der Waals surface area contributed by atoms with Gasteiger partial charge in [-0.1, -0.05) is 0 Å². The van der Waals surface area contributed by atoms with E-state index in [2.05, 4.69) is 15.8 Å². The standard InChI is InChI=1S/C13H16ClFN2S/c1-9-6-12-11(7-10(9)15)16-13(8-14)17(12)4-3-5-18-2/h6-7H,3-5,8H2,1-2H3. The predicted molar refractivity (Wildman–Crippen MR) is 77.0 cm³/mol. The highest BCUT2D eigenvalue weighted by molar-refractivity contribution is 7.98. The van der Waals surface area contributed by atoms with Gasteiger partial charge in [0.15, 0.2) is 0 Å². The van der Waals surface area contributed by atoms with Gasteiger partial charge in [0.2, 0.25) is 0 Å². The lowest BCUT2D eigenvalue weighted by atomic mass is 10.2. The van der Waals surface area contributed by atoms with Crippen LogP contribution in [0.3, 0.4) is 0 Å². The Morgan fingerprint density at radius 3 is 2.89 bits per heavy atom. The highest BCUT2D eigenvalue weighted by atomic mass is 35.5. The van der Waals surface area contributed by atoms with Crippen molar-refractivity contribution in [3.63, 3.8) is 0 Å². The summed E-state index contributed by atoms with van der Waals surface area (Å²) in [5.41, 5.74) is 2.32. The minimum Gasteiger partial charge on any atom is -0.327 e. The third-order valence-electron chi connectivity index (χ3n) is 2.96. The molecule has 0 saturated heterocycles. The second-order valence-corrected chi connectivity index (χ2v) is 5.50. The molecule has 2 nitrogen and oxygen atoms in total. The predicted octanol–water partition coefficient (Wildman–Crippen LogP) is 3.98. The first-order valence-electron chi connectivity index (χ1n) is 5.87. The van der Waals surface area contributed by atoms with Gasteiger partial charge >= 0.3 is 0 Å². The van der Waals surface area contributed by atoms with E-state index in [9.17, 15) is 4.39 Å². The van der Waals surface area contributed by atoms with E-state index >= 15 is 0 Å². The van der Waals surface area contributed by atoms with Crippen molar-refractivity contribution in [3.05, 3.63) is 29.3 Å². The van der Waals surface area contributed by atoms with Gasteiger partial charge < -0.3 is 4.57 Å². The number of aryl methyl sites for hydroxylation is 2. The largest absolute Gasteiger partial charge is 0.327 e. The molecule has 98 valence electrons. The van der Waals surface area contributed by atoms with Crippen molar-refractivity contribution in [2.45, 2.75) is 25.8 Å². The fourth-order valence-electron chi connectivity index (χ4n) is 2.02. The summed E-state index contributed by atoms with van der Waals surface area (Å²) >= 11 is 7.73. The van der Waals surface area contributed by atoms with E-state index in [1.54, 1.807) is 6.92 Å². The SMILES string of the molecule is CSCCCn1c(CCl)nc2cc(F)c(C)cc21. The lowest BCUT2D eigenvalue weighted by molar-refractivity contribution is 0.619. The van der Waals surface area contributed by atoms with Crippen LogP contribution in [-0.2, 0) is 12.4 Å². The van der Waals surface area contributed by atoms with E-state index in [0.717, 1.165) is 30.1 Å². The van der Waals surface area contributed by atoms with Crippen LogP contribution in [0.15, 0.2) is 12.1 Å². The molecule has 0 spiro atoms. The Morgan fingerprint density at radius 2 is 2.22 bits per heavy atom. The van der Waals surface area contributed by atoms with Crippen molar-refractivity contribution in [1.82, 2.24) is 9.55 Å². The van der Waals surface area contributed by atoms with Crippen molar-refractivity contribution in [3.8, 4) is 0 Å². The second-order valence-electron chi connectivity index (χ2n) is 4.25. The smallest absolute Gasteiger partial charge is 0.128 e. The summed E-state index contributed by atoms with van der Waals surface area (Å²) in [6.45, 7) is 2.65. The summed E-state index contributed by atoms with van der Waals surface area (Å²) < 4.78 is 15.6. The monoisotopic (exact) mass is 286 g/mol. The van der Waals surface area contributed by atoms with Crippen LogP contribution < -0.4 is 0 Å². The van der Waals surface area contributed by atoms with Crippen molar-refractivity contribution in [2.24, 2.45) is 0 Å². The fourth-order valence-corrected chi connectivity index (χ4v) is 2.64. The van der Waals surface area contributed by atoms with Crippen LogP contribution >= 0.6 is 23.4 Å². The molecule has 0 atom stereocenters. The van der Waals surface area contributed by atoms with Crippen LogP contribution in [0.1, 0.15) is 17.8 Å². The quantitative estimate of drug-likeness (QED) is 0.611. The Balaban J connectivity index is 2.44. The molecule has 0 bridgehead atoms. The number of imidazole rings is 1. The minimum absolute atomic E-state index is 0.211. The van der Waals surface area contributed by atoms with Crippen molar-refractivity contribution < 1.29 is 4.39 Å². The Kier molecular flexibility index (Phi) is 4.51. The topological polar surface area (TPSA) is 17.8 Å². The van der Waals surface area contributed by atoms with Crippen LogP contribution in [0.2, 0.25) is 0 Å². The maximum Gasteiger partial charge on any atom is 0.128 e. The Labute approximate surface area is 116 Å². The molecule has 0 N–H and O–H groups in total. The molecule has 0 amide bonds. The van der Waals surface area contributed by atoms with Crippen molar-refractivity contribution in [2.75, 3.05) is 12.0 Å². The van der Waals surface area contributed by atoms with Gasteiger partial charge in [0.05, 0.1) is 16.9 Å². The Hall–Kier alpha value is -0.740. The molecule has 1 aromatic heterocycles. The van der Waals surface area contributed by atoms with Crippen LogP contribution in [0.25, 0.3) is 11.0 Å². The van der Waals surface area contributed by atoms with Gasteiger partial charge in [0.1, 0.15) is 11.6 Å². The number of hydrogen-bond acceptors (Lipinski definition) is 2. The zero-order valence-corrected chi connectivity index (χ0v) is 12.1. The zero-order chi connectivity index (χ0) is 13.1.